The Morgan fingerprint density at radius 1 is 0.914 bits per heavy atom. The third kappa shape index (κ3) is 5.62. The summed E-state index contributed by atoms with van der Waals surface area (Å²) < 4.78 is 67.8. The number of rotatable bonds is 8. The summed E-state index contributed by atoms with van der Waals surface area (Å²) in [5, 5.41) is 2.07. The fraction of sp³-hybridized carbons (Fsp3) is 0.167. The number of sulfonamides is 1. The fourth-order valence-corrected chi connectivity index (χ4v) is 4.84. The van der Waals surface area contributed by atoms with Gasteiger partial charge in [0.05, 0.1) is 22.8 Å². The topological polar surface area (TPSA) is 86.8 Å². The molecule has 0 spiro atoms. The molecule has 0 bridgehead atoms. The van der Waals surface area contributed by atoms with E-state index in [0.717, 1.165) is 11.0 Å². The zero-order valence-corrected chi connectivity index (χ0v) is 19.7. The van der Waals surface area contributed by atoms with E-state index in [4.69, 9.17) is 0 Å². The third-order valence-corrected chi connectivity index (χ3v) is 6.94. The molecule has 2 amide bonds. The number of carbonyl (C=O) groups is 2. The van der Waals surface area contributed by atoms with Crippen molar-refractivity contribution in [2.45, 2.75) is 11.8 Å². The quantitative estimate of drug-likeness (QED) is 0.469. The molecular formula is C24H22F3N3O4S. The predicted molar refractivity (Wildman–Crippen MR) is 125 cm³/mol. The lowest BCUT2D eigenvalue weighted by atomic mass is 10.2. The zero-order chi connectivity index (χ0) is 25.8. The molecule has 0 radical (unpaired) electrons. The summed E-state index contributed by atoms with van der Waals surface area (Å²) in [5.41, 5.74) is -0.113. The highest BCUT2D eigenvalue weighted by atomic mass is 32.2. The van der Waals surface area contributed by atoms with E-state index in [-0.39, 0.29) is 17.0 Å². The van der Waals surface area contributed by atoms with Gasteiger partial charge in [-0.25, -0.2) is 21.6 Å². The van der Waals surface area contributed by atoms with E-state index >= 15 is 0 Å². The van der Waals surface area contributed by atoms with E-state index in [0.29, 0.717) is 11.8 Å². The number of hydrogen-bond donors (Lipinski definition) is 1. The van der Waals surface area contributed by atoms with Crippen molar-refractivity contribution >= 4 is 33.2 Å². The van der Waals surface area contributed by atoms with E-state index in [9.17, 15) is 31.2 Å². The fourth-order valence-electron chi connectivity index (χ4n) is 3.32. The van der Waals surface area contributed by atoms with Gasteiger partial charge in [-0.1, -0.05) is 24.3 Å². The van der Waals surface area contributed by atoms with Crippen molar-refractivity contribution in [2.75, 3.05) is 29.8 Å². The van der Waals surface area contributed by atoms with Gasteiger partial charge in [-0.3, -0.25) is 13.9 Å². The van der Waals surface area contributed by atoms with Crippen LogP contribution in [0.5, 0.6) is 0 Å². The summed E-state index contributed by atoms with van der Waals surface area (Å²) in [6.45, 7) is 1.28. The van der Waals surface area contributed by atoms with E-state index < -0.39 is 51.5 Å². The van der Waals surface area contributed by atoms with Gasteiger partial charge in [-0.2, -0.15) is 0 Å². The molecular weight excluding hydrogens is 483 g/mol. The molecule has 0 aliphatic heterocycles. The molecule has 0 atom stereocenters. The van der Waals surface area contributed by atoms with Crippen LogP contribution < -0.4 is 9.62 Å². The van der Waals surface area contributed by atoms with E-state index in [2.05, 4.69) is 5.32 Å². The lowest BCUT2D eigenvalue weighted by Crippen LogP contribution is -2.35. The Kier molecular flexibility index (Phi) is 7.80. The molecule has 3 aromatic carbocycles. The van der Waals surface area contributed by atoms with Crippen LogP contribution >= 0.6 is 0 Å². The number of benzene rings is 3. The highest BCUT2D eigenvalue weighted by Crippen LogP contribution is 2.24. The minimum atomic E-state index is -3.99. The zero-order valence-electron chi connectivity index (χ0n) is 18.8. The average Bonchev–Trinajstić information content (AvgIpc) is 2.85. The normalized spacial score (nSPS) is 11.1. The first-order chi connectivity index (χ1) is 16.6. The van der Waals surface area contributed by atoms with Crippen molar-refractivity contribution < 1.29 is 31.2 Å². The monoisotopic (exact) mass is 505 g/mol. The first-order valence-corrected chi connectivity index (χ1v) is 11.9. The molecule has 184 valence electrons. The van der Waals surface area contributed by atoms with Crippen LogP contribution in [0.4, 0.5) is 24.5 Å². The summed E-state index contributed by atoms with van der Waals surface area (Å²) in [7, 11) is -2.70. The van der Waals surface area contributed by atoms with E-state index in [1.165, 1.54) is 35.6 Å². The van der Waals surface area contributed by atoms with Gasteiger partial charge in [-0.15, -0.1) is 0 Å². The molecule has 11 heteroatoms. The largest absolute Gasteiger partial charge is 0.332 e. The molecule has 3 aromatic rings. The Bertz CT molecular complexity index is 1350. The smallest absolute Gasteiger partial charge is 0.264 e. The van der Waals surface area contributed by atoms with Crippen LogP contribution in [-0.4, -0.2) is 45.3 Å². The van der Waals surface area contributed by atoms with Crippen LogP contribution in [0, 0.1) is 17.5 Å². The highest BCUT2D eigenvalue weighted by molar-refractivity contribution is 7.92. The van der Waals surface area contributed by atoms with Gasteiger partial charge in [0.25, 0.3) is 15.9 Å². The molecule has 1 N–H and O–H groups in total. The first kappa shape index (κ1) is 25.8. The number of hydrogen-bond acceptors (Lipinski definition) is 4. The van der Waals surface area contributed by atoms with Gasteiger partial charge in [0, 0.05) is 19.2 Å². The number of carbonyl (C=O) groups excluding carboxylic acids is 2. The Hall–Kier alpha value is -3.86. The Labute approximate surface area is 200 Å². The number of likely N-dealkylation sites (N-methyl/N-ethyl adjacent to an activating group) is 1. The summed E-state index contributed by atoms with van der Waals surface area (Å²) in [4.78, 5) is 25.9. The van der Waals surface area contributed by atoms with Crippen molar-refractivity contribution in [1.82, 2.24) is 4.90 Å². The molecule has 0 aliphatic carbocycles. The van der Waals surface area contributed by atoms with Crippen LogP contribution in [0.2, 0.25) is 0 Å². The standard InChI is InChI=1S/C24H22F3N3O4S/c1-3-30(17-9-5-4-6-10-17)35(33,34)18-11-7-8-16(14-18)24(32)29(2)15-21(31)28-20-13-12-19(25)22(26)23(20)27/h4-14H,3,15H2,1-2H3,(H,28,31). The number of amides is 2. The lowest BCUT2D eigenvalue weighted by Gasteiger charge is -2.23. The predicted octanol–water partition coefficient (Wildman–Crippen LogP) is 4.03. The Morgan fingerprint density at radius 3 is 2.26 bits per heavy atom. The maximum atomic E-state index is 13.8. The molecule has 0 aromatic heterocycles. The number of nitrogens with zero attached hydrogens (tertiary/aromatic N) is 2. The molecule has 0 saturated carbocycles. The first-order valence-electron chi connectivity index (χ1n) is 10.4. The van der Waals surface area contributed by atoms with Crippen LogP contribution in [0.15, 0.2) is 71.6 Å². The molecule has 7 nitrogen and oxygen atoms in total. The van der Waals surface area contributed by atoms with Crippen LogP contribution in [0.25, 0.3) is 0 Å². The SMILES string of the molecule is CCN(c1ccccc1)S(=O)(=O)c1cccc(C(=O)N(C)CC(=O)Nc2ccc(F)c(F)c2F)c1. The van der Waals surface area contributed by atoms with Gasteiger partial charge in [0.1, 0.15) is 0 Å². The second kappa shape index (κ2) is 10.6. The van der Waals surface area contributed by atoms with Gasteiger partial charge >= 0.3 is 0 Å². The summed E-state index contributed by atoms with van der Waals surface area (Å²) in [6, 6.07) is 15.3. The minimum Gasteiger partial charge on any atom is -0.332 e. The summed E-state index contributed by atoms with van der Waals surface area (Å²) in [6.07, 6.45) is 0. The van der Waals surface area contributed by atoms with Gasteiger partial charge in [0.15, 0.2) is 17.5 Å². The third-order valence-electron chi connectivity index (χ3n) is 5.04. The van der Waals surface area contributed by atoms with Crippen molar-refractivity contribution in [2.24, 2.45) is 0 Å². The molecule has 35 heavy (non-hydrogen) atoms. The molecule has 0 heterocycles. The molecule has 0 saturated heterocycles. The maximum absolute atomic E-state index is 13.8. The Morgan fingerprint density at radius 2 is 1.60 bits per heavy atom. The second-order valence-electron chi connectivity index (χ2n) is 7.47. The molecule has 3 rings (SSSR count). The van der Waals surface area contributed by atoms with Crippen LogP contribution in [-0.2, 0) is 14.8 Å². The van der Waals surface area contributed by atoms with E-state index in [1.54, 1.807) is 37.3 Å². The lowest BCUT2D eigenvalue weighted by molar-refractivity contribution is -0.116. The van der Waals surface area contributed by atoms with Crippen LogP contribution in [0.1, 0.15) is 17.3 Å². The van der Waals surface area contributed by atoms with Crippen molar-refractivity contribution in [1.29, 1.82) is 0 Å². The van der Waals surface area contributed by atoms with Crippen molar-refractivity contribution in [3.8, 4) is 0 Å². The van der Waals surface area contributed by atoms with Gasteiger partial charge in [-0.05, 0) is 49.4 Å². The van der Waals surface area contributed by atoms with Crippen LogP contribution in [0.3, 0.4) is 0 Å². The minimum absolute atomic E-state index is 0.00416. The summed E-state index contributed by atoms with van der Waals surface area (Å²) in [5.74, 6) is -6.25. The molecule has 0 unspecified atom stereocenters. The Balaban J connectivity index is 1.77. The van der Waals surface area contributed by atoms with Crippen molar-refractivity contribution in [3.63, 3.8) is 0 Å². The second-order valence-corrected chi connectivity index (χ2v) is 9.33. The van der Waals surface area contributed by atoms with E-state index in [1.807, 2.05) is 0 Å². The summed E-state index contributed by atoms with van der Waals surface area (Å²) >= 11 is 0. The average molecular weight is 506 g/mol. The van der Waals surface area contributed by atoms with Crippen molar-refractivity contribution in [3.05, 3.63) is 89.7 Å². The van der Waals surface area contributed by atoms with Gasteiger partial charge < -0.3 is 10.2 Å². The number of anilines is 2. The number of halogens is 3. The number of para-hydroxylation sites is 1. The van der Waals surface area contributed by atoms with Gasteiger partial charge in [0.2, 0.25) is 5.91 Å². The molecule has 0 aliphatic rings. The maximum Gasteiger partial charge on any atom is 0.264 e. The molecule has 0 fully saturated rings. The number of nitrogens with one attached hydrogen (secondary N) is 1. The highest BCUT2D eigenvalue weighted by Gasteiger charge is 2.25.